The summed E-state index contributed by atoms with van der Waals surface area (Å²) in [7, 11) is 6.54. The molecule has 1 N–H and O–H groups in total. The standard InChI is InChI=1S/C39H57BrO9/c1-10-47-39(42)27(3)15-14-18-33(44-7)36(41)28(4)21-29(5)37(49-25-43-6)34(45-8)20-26(2)19-31-22-32(40)23-35(38(31)46-9)48-24-30-16-12-11-13-17-30/h11-13,15-17,21-23,26,29,33-34,36-37,41H,10,14,18-20,24-25H2,1-9H3/b27-15+,28-21+/t26-,29+,33+,34+,36+,37-/m1/s1. The third kappa shape index (κ3) is 14.2. The third-order valence-electron chi connectivity index (χ3n) is 8.45. The van der Waals surface area contributed by atoms with E-state index in [0.717, 1.165) is 27.6 Å². The highest BCUT2D eigenvalue weighted by atomic mass is 79.9. The molecule has 274 valence electrons. The van der Waals surface area contributed by atoms with Gasteiger partial charge in [0.05, 0.1) is 32.0 Å². The minimum atomic E-state index is -0.839. The molecule has 2 aromatic rings. The Balaban J connectivity index is 2.17. The van der Waals surface area contributed by atoms with Crippen molar-refractivity contribution in [1.82, 2.24) is 0 Å². The fourth-order valence-electron chi connectivity index (χ4n) is 5.91. The van der Waals surface area contributed by atoms with Gasteiger partial charge in [0.15, 0.2) is 11.5 Å². The van der Waals surface area contributed by atoms with Gasteiger partial charge < -0.3 is 38.3 Å². The van der Waals surface area contributed by atoms with Gasteiger partial charge in [0, 0.05) is 37.3 Å². The zero-order valence-electron chi connectivity index (χ0n) is 30.7. The number of benzene rings is 2. The largest absolute Gasteiger partial charge is 0.493 e. The van der Waals surface area contributed by atoms with Gasteiger partial charge in [-0.2, -0.15) is 0 Å². The van der Waals surface area contributed by atoms with Crippen LogP contribution in [0.15, 0.2) is 70.2 Å². The van der Waals surface area contributed by atoms with Crippen molar-refractivity contribution < 1.29 is 43.1 Å². The SMILES string of the molecule is CCOC(=O)/C(C)=C/CC[C@H](OC)[C@@H](O)/C(C)=C/[C@H](C)[C@@H](OCOC)[C@H](C[C@H](C)Cc1cc(Br)cc(OCc2ccccc2)c1OC)OC. The molecule has 9 nitrogen and oxygen atoms in total. The molecule has 0 radical (unpaired) electrons. The highest BCUT2D eigenvalue weighted by molar-refractivity contribution is 9.10. The molecule has 0 heterocycles. The van der Waals surface area contributed by atoms with Crippen molar-refractivity contribution in [3.63, 3.8) is 0 Å². The van der Waals surface area contributed by atoms with E-state index in [1.807, 2.05) is 62.4 Å². The Morgan fingerprint density at radius 3 is 2.31 bits per heavy atom. The molecule has 6 atom stereocenters. The Morgan fingerprint density at radius 2 is 1.69 bits per heavy atom. The van der Waals surface area contributed by atoms with E-state index in [-0.39, 0.29) is 36.8 Å². The Labute approximate surface area is 302 Å². The summed E-state index contributed by atoms with van der Waals surface area (Å²) in [5.74, 6) is 1.13. The molecule has 0 saturated carbocycles. The molecule has 10 heteroatoms. The maximum Gasteiger partial charge on any atom is 0.333 e. The highest BCUT2D eigenvalue weighted by Gasteiger charge is 2.30. The number of ether oxygens (including phenoxy) is 7. The first-order chi connectivity index (χ1) is 23.5. The summed E-state index contributed by atoms with van der Waals surface area (Å²) in [6.45, 7) is 10.5. The van der Waals surface area contributed by atoms with Crippen LogP contribution in [-0.2, 0) is 41.5 Å². The molecule has 0 bridgehead atoms. The average molecular weight is 750 g/mol. The van der Waals surface area contributed by atoms with Crippen LogP contribution in [0.4, 0.5) is 0 Å². The fraction of sp³-hybridized carbons (Fsp3) is 0.564. The molecule has 0 saturated heterocycles. The van der Waals surface area contributed by atoms with E-state index in [0.29, 0.717) is 49.5 Å². The van der Waals surface area contributed by atoms with Crippen LogP contribution in [0.3, 0.4) is 0 Å². The van der Waals surface area contributed by atoms with Gasteiger partial charge in [0.2, 0.25) is 0 Å². The van der Waals surface area contributed by atoms with Crippen LogP contribution in [0, 0.1) is 11.8 Å². The highest BCUT2D eigenvalue weighted by Crippen LogP contribution is 2.37. The molecule has 49 heavy (non-hydrogen) atoms. The van der Waals surface area contributed by atoms with Crippen molar-refractivity contribution in [2.24, 2.45) is 11.8 Å². The number of rotatable bonds is 23. The lowest BCUT2D eigenvalue weighted by Gasteiger charge is -2.32. The number of aliphatic hydroxyl groups is 1. The molecular formula is C39H57BrO9. The summed E-state index contributed by atoms with van der Waals surface area (Å²) in [6, 6.07) is 14.0. The normalized spacial score (nSPS) is 16.0. The van der Waals surface area contributed by atoms with Gasteiger partial charge in [-0.25, -0.2) is 4.79 Å². The van der Waals surface area contributed by atoms with E-state index >= 15 is 0 Å². The molecule has 0 fully saturated rings. The Bertz CT molecular complexity index is 1310. The fourth-order valence-corrected chi connectivity index (χ4v) is 6.40. The molecule has 0 unspecified atom stereocenters. The van der Waals surface area contributed by atoms with Crippen LogP contribution in [0.25, 0.3) is 0 Å². The molecule has 0 aliphatic carbocycles. The van der Waals surface area contributed by atoms with Crippen molar-refractivity contribution in [1.29, 1.82) is 0 Å². The van der Waals surface area contributed by atoms with Crippen LogP contribution < -0.4 is 9.47 Å². The summed E-state index contributed by atoms with van der Waals surface area (Å²) in [5, 5.41) is 11.2. The number of hydrogen-bond donors (Lipinski definition) is 1. The zero-order valence-corrected chi connectivity index (χ0v) is 32.3. The van der Waals surface area contributed by atoms with Crippen molar-refractivity contribution >= 4 is 21.9 Å². The van der Waals surface area contributed by atoms with Crippen LogP contribution in [0.2, 0.25) is 0 Å². The zero-order chi connectivity index (χ0) is 36.3. The minimum absolute atomic E-state index is 0.104. The number of carbonyl (C=O) groups is 1. The Hall–Kier alpha value is -2.73. The summed E-state index contributed by atoms with van der Waals surface area (Å²) in [5.41, 5.74) is 3.41. The molecule has 0 spiro atoms. The van der Waals surface area contributed by atoms with E-state index in [4.69, 9.17) is 33.2 Å². The maximum absolute atomic E-state index is 11.9. The molecule has 0 aliphatic rings. The van der Waals surface area contributed by atoms with Crippen molar-refractivity contribution in [3.05, 3.63) is 81.4 Å². The van der Waals surface area contributed by atoms with Gasteiger partial charge in [-0.05, 0) is 81.2 Å². The summed E-state index contributed by atoms with van der Waals surface area (Å²) in [6.07, 6.45) is 4.46. The smallest absolute Gasteiger partial charge is 0.333 e. The summed E-state index contributed by atoms with van der Waals surface area (Å²) < 4.78 is 41.2. The number of halogens is 1. The second kappa shape index (κ2) is 22.9. The lowest BCUT2D eigenvalue weighted by atomic mass is 9.88. The molecule has 2 rings (SSSR count). The topological polar surface area (TPSA) is 102 Å². The monoisotopic (exact) mass is 748 g/mol. The number of aliphatic hydroxyl groups excluding tert-OH is 1. The van der Waals surface area contributed by atoms with E-state index < -0.39 is 12.2 Å². The first-order valence-corrected chi connectivity index (χ1v) is 17.7. The second-order valence-corrected chi connectivity index (χ2v) is 13.3. The molecule has 2 aromatic carbocycles. The van der Waals surface area contributed by atoms with E-state index in [9.17, 15) is 9.90 Å². The van der Waals surface area contributed by atoms with Crippen molar-refractivity contribution in [2.45, 2.75) is 91.3 Å². The second-order valence-electron chi connectivity index (χ2n) is 12.4. The number of methoxy groups -OCH3 is 4. The summed E-state index contributed by atoms with van der Waals surface area (Å²) in [4.78, 5) is 11.9. The Morgan fingerprint density at radius 1 is 1.00 bits per heavy atom. The minimum Gasteiger partial charge on any atom is -0.493 e. The number of esters is 1. The lowest BCUT2D eigenvalue weighted by molar-refractivity contribution is -0.138. The third-order valence-corrected chi connectivity index (χ3v) is 8.91. The predicted molar refractivity (Wildman–Crippen MR) is 196 cm³/mol. The van der Waals surface area contributed by atoms with Gasteiger partial charge in [-0.15, -0.1) is 0 Å². The van der Waals surface area contributed by atoms with Crippen LogP contribution >= 0.6 is 15.9 Å². The van der Waals surface area contributed by atoms with Gasteiger partial charge >= 0.3 is 5.97 Å². The molecule has 0 amide bonds. The number of hydrogen-bond acceptors (Lipinski definition) is 9. The van der Waals surface area contributed by atoms with Crippen molar-refractivity contribution in [3.8, 4) is 11.5 Å². The van der Waals surface area contributed by atoms with Crippen LogP contribution in [-0.4, -0.2) is 77.3 Å². The quantitative estimate of drug-likeness (QED) is 0.0527. The number of allylic oxidation sites excluding steroid dienone is 1. The van der Waals surface area contributed by atoms with E-state index in [1.54, 1.807) is 42.3 Å². The Kier molecular flexibility index (Phi) is 19.8. The van der Waals surface area contributed by atoms with Crippen LogP contribution in [0.1, 0.15) is 65.0 Å². The van der Waals surface area contributed by atoms with E-state index in [1.165, 1.54) is 0 Å². The van der Waals surface area contributed by atoms with E-state index in [2.05, 4.69) is 28.9 Å². The van der Waals surface area contributed by atoms with Gasteiger partial charge in [0.1, 0.15) is 19.5 Å². The average Bonchev–Trinajstić information content (AvgIpc) is 3.08. The maximum atomic E-state index is 11.9. The van der Waals surface area contributed by atoms with Gasteiger partial charge in [-0.1, -0.05) is 72.3 Å². The van der Waals surface area contributed by atoms with Crippen molar-refractivity contribution in [2.75, 3.05) is 41.8 Å². The summed E-state index contributed by atoms with van der Waals surface area (Å²) >= 11 is 3.66. The van der Waals surface area contributed by atoms with Gasteiger partial charge in [-0.3, -0.25) is 0 Å². The molecular weight excluding hydrogens is 692 g/mol. The number of carbonyl (C=O) groups excluding carboxylic acids is 1. The van der Waals surface area contributed by atoms with Gasteiger partial charge in [0.25, 0.3) is 0 Å². The first-order valence-electron chi connectivity index (χ1n) is 16.9. The predicted octanol–water partition coefficient (Wildman–Crippen LogP) is 7.86. The first kappa shape index (κ1) is 42.4. The lowest BCUT2D eigenvalue weighted by Crippen LogP contribution is -2.38. The molecule has 0 aromatic heterocycles. The van der Waals surface area contributed by atoms with Crippen LogP contribution in [0.5, 0.6) is 11.5 Å². The molecule has 0 aliphatic heterocycles.